The summed E-state index contributed by atoms with van der Waals surface area (Å²) in [7, 11) is 2.04. The van der Waals surface area contributed by atoms with Gasteiger partial charge in [-0.15, -0.1) is 0 Å². The van der Waals surface area contributed by atoms with Crippen molar-refractivity contribution in [3.05, 3.63) is 89.6 Å². The van der Waals surface area contributed by atoms with Gasteiger partial charge in [-0.3, -0.25) is 4.79 Å². The lowest BCUT2D eigenvalue weighted by atomic mass is 10.0. The first-order valence-corrected chi connectivity index (χ1v) is 10.2. The van der Waals surface area contributed by atoms with Crippen LogP contribution in [-0.4, -0.2) is 47.4 Å². The highest BCUT2D eigenvalue weighted by molar-refractivity contribution is 5.94. The SMILES string of the molecule is CN1CCN(C(=O)c2ccc(Oc3ccc(C(F)(F)F)cn3)cc2)[C@@H](c2ccccc2)C1. The van der Waals surface area contributed by atoms with Crippen LogP contribution >= 0.6 is 0 Å². The molecule has 0 saturated carbocycles. The van der Waals surface area contributed by atoms with E-state index in [0.29, 0.717) is 17.9 Å². The zero-order chi connectivity index (χ0) is 22.7. The highest BCUT2D eigenvalue weighted by Gasteiger charge is 2.31. The molecule has 1 aliphatic heterocycles. The van der Waals surface area contributed by atoms with E-state index in [1.54, 1.807) is 24.3 Å². The minimum Gasteiger partial charge on any atom is -0.439 e. The molecule has 0 aliphatic carbocycles. The molecule has 0 bridgehead atoms. The van der Waals surface area contributed by atoms with Crippen molar-refractivity contribution in [3.63, 3.8) is 0 Å². The number of alkyl halides is 3. The highest BCUT2D eigenvalue weighted by Crippen LogP contribution is 2.30. The molecule has 1 fully saturated rings. The standard InChI is InChI=1S/C24H22F3N3O2/c1-29-13-14-30(21(16-29)17-5-3-2-4-6-17)23(31)18-7-10-20(11-8-18)32-22-12-9-19(15-28-22)24(25,26)27/h2-12,15,21H,13-14,16H2,1H3/t21-/m1/s1. The van der Waals surface area contributed by atoms with E-state index in [9.17, 15) is 18.0 Å². The minimum absolute atomic E-state index is 0.0419. The number of pyridine rings is 1. The molecule has 166 valence electrons. The van der Waals surface area contributed by atoms with Gasteiger partial charge in [0.2, 0.25) is 5.88 Å². The average molecular weight is 441 g/mol. The predicted octanol–water partition coefficient (Wildman–Crippen LogP) is 5.02. The van der Waals surface area contributed by atoms with Crippen LogP contribution in [0.25, 0.3) is 0 Å². The molecule has 0 radical (unpaired) electrons. The fourth-order valence-corrected chi connectivity index (χ4v) is 3.68. The van der Waals surface area contributed by atoms with Crippen LogP contribution in [0.1, 0.15) is 27.5 Å². The molecule has 1 aliphatic rings. The molecule has 2 aromatic carbocycles. The summed E-state index contributed by atoms with van der Waals surface area (Å²) >= 11 is 0. The molecule has 2 heterocycles. The summed E-state index contributed by atoms with van der Waals surface area (Å²) in [6, 6.07) is 18.5. The van der Waals surface area contributed by atoms with E-state index in [4.69, 9.17) is 4.74 Å². The third kappa shape index (κ3) is 4.91. The Balaban J connectivity index is 1.47. The Hall–Kier alpha value is -3.39. The summed E-state index contributed by atoms with van der Waals surface area (Å²) < 4.78 is 43.5. The summed E-state index contributed by atoms with van der Waals surface area (Å²) in [6.45, 7) is 2.15. The van der Waals surface area contributed by atoms with Gasteiger partial charge in [0, 0.05) is 37.5 Å². The average Bonchev–Trinajstić information content (AvgIpc) is 2.79. The Labute approximate surface area is 184 Å². The van der Waals surface area contributed by atoms with Crippen molar-refractivity contribution in [3.8, 4) is 11.6 Å². The van der Waals surface area contributed by atoms with Gasteiger partial charge in [0.05, 0.1) is 11.6 Å². The van der Waals surface area contributed by atoms with Gasteiger partial charge in [0.15, 0.2) is 0 Å². The van der Waals surface area contributed by atoms with Gasteiger partial charge in [-0.2, -0.15) is 13.2 Å². The van der Waals surface area contributed by atoms with Crippen LogP contribution < -0.4 is 4.74 Å². The molecular formula is C24H22F3N3O2. The fraction of sp³-hybridized carbons (Fsp3) is 0.250. The Bertz CT molecular complexity index is 1050. The van der Waals surface area contributed by atoms with Gasteiger partial charge in [-0.25, -0.2) is 4.98 Å². The molecular weight excluding hydrogens is 419 g/mol. The lowest BCUT2D eigenvalue weighted by molar-refractivity contribution is -0.137. The van der Waals surface area contributed by atoms with Crippen LogP contribution in [0.3, 0.4) is 0 Å². The molecule has 1 aromatic heterocycles. The van der Waals surface area contributed by atoms with Crippen molar-refractivity contribution in [1.29, 1.82) is 0 Å². The number of aromatic nitrogens is 1. The number of likely N-dealkylation sites (N-methyl/N-ethyl adjacent to an activating group) is 1. The summed E-state index contributed by atoms with van der Waals surface area (Å²) in [5.41, 5.74) is 0.759. The summed E-state index contributed by atoms with van der Waals surface area (Å²) in [5, 5.41) is 0. The molecule has 1 saturated heterocycles. The van der Waals surface area contributed by atoms with Crippen LogP contribution in [0.5, 0.6) is 11.6 Å². The zero-order valence-electron chi connectivity index (χ0n) is 17.4. The smallest absolute Gasteiger partial charge is 0.417 e. The van der Waals surface area contributed by atoms with Crippen LogP contribution in [0.15, 0.2) is 72.9 Å². The number of hydrogen-bond donors (Lipinski definition) is 0. The Morgan fingerprint density at radius 2 is 1.72 bits per heavy atom. The molecule has 0 unspecified atom stereocenters. The third-order valence-electron chi connectivity index (χ3n) is 5.42. The number of nitrogens with zero attached hydrogens (tertiary/aromatic N) is 3. The van der Waals surface area contributed by atoms with Gasteiger partial charge in [-0.05, 0) is 42.9 Å². The largest absolute Gasteiger partial charge is 0.439 e. The maximum Gasteiger partial charge on any atom is 0.417 e. The van der Waals surface area contributed by atoms with Gasteiger partial charge < -0.3 is 14.5 Å². The lowest BCUT2D eigenvalue weighted by Crippen LogP contribution is -2.49. The van der Waals surface area contributed by atoms with Crippen LogP contribution in [0.4, 0.5) is 13.2 Å². The van der Waals surface area contributed by atoms with E-state index in [2.05, 4.69) is 9.88 Å². The van der Waals surface area contributed by atoms with Crippen molar-refractivity contribution in [2.45, 2.75) is 12.2 Å². The van der Waals surface area contributed by atoms with E-state index < -0.39 is 11.7 Å². The molecule has 5 nitrogen and oxygen atoms in total. The normalized spacial score (nSPS) is 17.2. The predicted molar refractivity (Wildman–Crippen MR) is 113 cm³/mol. The first-order chi connectivity index (χ1) is 15.3. The number of piperazine rings is 1. The molecule has 8 heteroatoms. The Kier molecular flexibility index (Phi) is 6.14. The number of carbonyl (C=O) groups is 1. The molecule has 1 atom stereocenters. The van der Waals surface area contributed by atoms with Gasteiger partial charge in [0.1, 0.15) is 5.75 Å². The van der Waals surface area contributed by atoms with Crippen LogP contribution in [-0.2, 0) is 6.18 Å². The Morgan fingerprint density at radius 3 is 2.34 bits per heavy atom. The highest BCUT2D eigenvalue weighted by atomic mass is 19.4. The summed E-state index contributed by atoms with van der Waals surface area (Å²) in [4.78, 5) is 21.0. The molecule has 32 heavy (non-hydrogen) atoms. The second kappa shape index (κ2) is 9.00. The van der Waals surface area contributed by atoms with E-state index in [0.717, 1.165) is 37.0 Å². The molecule has 0 N–H and O–H groups in total. The van der Waals surface area contributed by atoms with E-state index in [-0.39, 0.29) is 17.8 Å². The van der Waals surface area contributed by atoms with Crippen molar-refractivity contribution < 1.29 is 22.7 Å². The van der Waals surface area contributed by atoms with Gasteiger partial charge >= 0.3 is 6.18 Å². The van der Waals surface area contributed by atoms with Gasteiger partial charge in [-0.1, -0.05) is 30.3 Å². The van der Waals surface area contributed by atoms with E-state index in [1.165, 1.54) is 0 Å². The second-order valence-electron chi connectivity index (χ2n) is 7.70. The number of benzene rings is 2. The van der Waals surface area contributed by atoms with Crippen molar-refractivity contribution in [1.82, 2.24) is 14.8 Å². The minimum atomic E-state index is -4.45. The molecule has 3 aromatic rings. The van der Waals surface area contributed by atoms with Gasteiger partial charge in [0.25, 0.3) is 5.91 Å². The van der Waals surface area contributed by atoms with Crippen LogP contribution in [0.2, 0.25) is 0 Å². The van der Waals surface area contributed by atoms with E-state index in [1.807, 2.05) is 42.3 Å². The quantitative estimate of drug-likeness (QED) is 0.570. The topological polar surface area (TPSA) is 45.7 Å². The number of carbonyl (C=O) groups excluding carboxylic acids is 1. The second-order valence-corrected chi connectivity index (χ2v) is 7.70. The Morgan fingerprint density at radius 1 is 1.00 bits per heavy atom. The third-order valence-corrected chi connectivity index (χ3v) is 5.42. The van der Waals surface area contributed by atoms with Crippen molar-refractivity contribution in [2.75, 3.05) is 26.7 Å². The van der Waals surface area contributed by atoms with Crippen molar-refractivity contribution in [2.24, 2.45) is 0 Å². The number of hydrogen-bond acceptors (Lipinski definition) is 4. The zero-order valence-corrected chi connectivity index (χ0v) is 17.4. The number of rotatable bonds is 4. The van der Waals surface area contributed by atoms with Crippen molar-refractivity contribution >= 4 is 5.91 Å². The number of ether oxygens (including phenoxy) is 1. The fourth-order valence-electron chi connectivity index (χ4n) is 3.68. The molecule has 1 amide bonds. The number of halogens is 3. The van der Waals surface area contributed by atoms with E-state index >= 15 is 0 Å². The molecule has 4 rings (SSSR count). The molecule has 0 spiro atoms. The first-order valence-electron chi connectivity index (χ1n) is 10.2. The summed E-state index contributed by atoms with van der Waals surface area (Å²) in [6.07, 6.45) is -3.72. The number of amides is 1. The maximum absolute atomic E-state index is 13.2. The monoisotopic (exact) mass is 441 g/mol. The maximum atomic E-state index is 13.2. The summed E-state index contributed by atoms with van der Waals surface area (Å²) in [5.74, 6) is 0.346. The lowest BCUT2D eigenvalue weighted by Gasteiger charge is -2.40. The van der Waals surface area contributed by atoms with Crippen LogP contribution in [0, 0.1) is 0 Å². The first kappa shape index (κ1) is 21.8.